The molecule has 2 amide bonds. The fourth-order valence-corrected chi connectivity index (χ4v) is 2.32. The van der Waals surface area contributed by atoms with Gasteiger partial charge in [0, 0.05) is 30.8 Å². The van der Waals surface area contributed by atoms with Crippen molar-refractivity contribution in [1.29, 1.82) is 0 Å². The number of anilines is 1. The predicted octanol–water partition coefficient (Wildman–Crippen LogP) is 1.58. The largest absolute Gasteiger partial charge is 0.507 e. The van der Waals surface area contributed by atoms with Crippen LogP contribution in [0.3, 0.4) is 0 Å². The Hall–Kier alpha value is -3.29. The summed E-state index contributed by atoms with van der Waals surface area (Å²) >= 11 is 0. The molecule has 8 nitrogen and oxygen atoms in total. The molecule has 0 saturated heterocycles. The molecule has 0 aliphatic carbocycles. The highest BCUT2D eigenvalue weighted by atomic mass is 16.7. The molecule has 0 fully saturated rings. The molecule has 1 aliphatic rings. The fourth-order valence-electron chi connectivity index (χ4n) is 2.32. The first-order chi connectivity index (χ1) is 12.0. The first-order valence-electron chi connectivity index (χ1n) is 7.67. The van der Waals surface area contributed by atoms with Crippen molar-refractivity contribution in [3.05, 3.63) is 41.6 Å². The zero-order chi connectivity index (χ0) is 17.8. The number of pyridine rings is 1. The standard InChI is InChI=1S/C17H17N3O5/c1-10-3-2-4-15(19-10)20-16(22)5-6-18-17(23)11-7-13-14(8-12(11)21)25-9-24-13/h2-4,7-8,21H,5-6,9H2,1H3,(H,18,23)(H,19,20,22). The molecule has 2 aromatic rings. The van der Waals surface area contributed by atoms with Gasteiger partial charge in [-0.05, 0) is 19.1 Å². The van der Waals surface area contributed by atoms with Crippen molar-refractivity contribution in [2.45, 2.75) is 13.3 Å². The monoisotopic (exact) mass is 343 g/mol. The number of fused-ring (bicyclic) bond motifs is 1. The number of aromatic hydroxyl groups is 1. The Morgan fingerprint density at radius 1 is 1.24 bits per heavy atom. The van der Waals surface area contributed by atoms with E-state index in [2.05, 4.69) is 15.6 Å². The number of carbonyl (C=O) groups excluding carboxylic acids is 2. The van der Waals surface area contributed by atoms with Crippen molar-refractivity contribution in [1.82, 2.24) is 10.3 Å². The van der Waals surface area contributed by atoms with Crippen LogP contribution in [0.2, 0.25) is 0 Å². The summed E-state index contributed by atoms with van der Waals surface area (Å²) < 4.78 is 10.3. The summed E-state index contributed by atoms with van der Waals surface area (Å²) in [6.07, 6.45) is 0.0761. The maximum atomic E-state index is 12.1. The Balaban J connectivity index is 1.52. The molecule has 0 unspecified atom stereocenters. The maximum absolute atomic E-state index is 12.1. The number of nitrogens with one attached hydrogen (secondary N) is 2. The Bertz CT molecular complexity index is 822. The fraction of sp³-hybridized carbons (Fsp3) is 0.235. The van der Waals surface area contributed by atoms with Crippen LogP contribution in [0.4, 0.5) is 5.82 Å². The number of carbonyl (C=O) groups is 2. The lowest BCUT2D eigenvalue weighted by Gasteiger charge is -2.08. The van der Waals surface area contributed by atoms with E-state index >= 15 is 0 Å². The molecule has 3 rings (SSSR count). The van der Waals surface area contributed by atoms with Gasteiger partial charge in [-0.2, -0.15) is 0 Å². The molecule has 1 aromatic heterocycles. The second-order valence-corrected chi connectivity index (χ2v) is 5.44. The van der Waals surface area contributed by atoms with Gasteiger partial charge >= 0.3 is 0 Å². The van der Waals surface area contributed by atoms with E-state index in [-0.39, 0.29) is 37.0 Å². The van der Waals surface area contributed by atoms with E-state index in [0.717, 1.165) is 5.69 Å². The molecule has 8 heteroatoms. The van der Waals surface area contributed by atoms with Gasteiger partial charge in [-0.15, -0.1) is 0 Å². The van der Waals surface area contributed by atoms with Gasteiger partial charge < -0.3 is 25.2 Å². The summed E-state index contributed by atoms with van der Waals surface area (Å²) in [6.45, 7) is 1.99. The molecule has 1 aliphatic heterocycles. The molecular weight excluding hydrogens is 326 g/mol. The van der Waals surface area contributed by atoms with Crippen LogP contribution < -0.4 is 20.1 Å². The van der Waals surface area contributed by atoms with Crippen LogP contribution in [0.15, 0.2) is 30.3 Å². The topological polar surface area (TPSA) is 110 Å². The number of hydrogen-bond acceptors (Lipinski definition) is 6. The summed E-state index contributed by atoms with van der Waals surface area (Å²) in [6, 6.07) is 8.04. The Kier molecular flexibility index (Phi) is 4.69. The van der Waals surface area contributed by atoms with Crippen molar-refractivity contribution in [3.63, 3.8) is 0 Å². The third-order valence-electron chi connectivity index (χ3n) is 3.53. The summed E-state index contributed by atoms with van der Waals surface area (Å²) in [7, 11) is 0. The Morgan fingerprint density at radius 3 is 2.76 bits per heavy atom. The lowest BCUT2D eigenvalue weighted by atomic mass is 10.1. The molecule has 130 valence electrons. The molecule has 3 N–H and O–H groups in total. The maximum Gasteiger partial charge on any atom is 0.255 e. The Labute approximate surface area is 143 Å². The lowest BCUT2D eigenvalue weighted by molar-refractivity contribution is -0.116. The molecule has 25 heavy (non-hydrogen) atoms. The van der Waals surface area contributed by atoms with E-state index in [1.165, 1.54) is 12.1 Å². The normalized spacial score (nSPS) is 11.9. The van der Waals surface area contributed by atoms with E-state index in [9.17, 15) is 14.7 Å². The van der Waals surface area contributed by atoms with Gasteiger partial charge in [0.25, 0.3) is 5.91 Å². The van der Waals surface area contributed by atoms with Gasteiger partial charge in [-0.3, -0.25) is 9.59 Å². The molecule has 0 bridgehead atoms. The quantitative estimate of drug-likeness (QED) is 0.760. The van der Waals surface area contributed by atoms with Crippen molar-refractivity contribution >= 4 is 17.6 Å². The van der Waals surface area contributed by atoms with Gasteiger partial charge in [0.15, 0.2) is 11.5 Å². The molecule has 0 radical (unpaired) electrons. The number of hydrogen-bond donors (Lipinski definition) is 3. The first-order valence-corrected chi connectivity index (χ1v) is 7.67. The molecular formula is C17H17N3O5. The molecule has 0 saturated carbocycles. The van der Waals surface area contributed by atoms with Crippen molar-refractivity contribution in [2.75, 3.05) is 18.7 Å². The van der Waals surface area contributed by atoms with Gasteiger partial charge in [0.1, 0.15) is 11.6 Å². The number of aryl methyl sites for hydroxylation is 1. The minimum atomic E-state index is -0.503. The zero-order valence-electron chi connectivity index (χ0n) is 13.5. The van der Waals surface area contributed by atoms with E-state index in [1.807, 2.05) is 13.0 Å². The smallest absolute Gasteiger partial charge is 0.255 e. The van der Waals surface area contributed by atoms with Crippen molar-refractivity contribution in [3.8, 4) is 17.2 Å². The number of amides is 2. The van der Waals surface area contributed by atoms with Gasteiger partial charge in [-0.25, -0.2) is 4.98 Å². The average Bonchev–Trinajstić information content (AvgIpc) is 3.01. The number of nitrogens with zero attached hydrogens (tertiary/aromatic N) is 1. The third kappa shape index (κ3) is 3.97. The van der Waals surface area contributed by atoms with Crippen LogP contribution in [-0.4, -0.2) is 35.2 Å². The van der Waals surface area contributed by atoms with E-state index in [1.54, 1.807) is 12.1 Å². The second-order valence-electron chi connectivity index (χ2n) is 5.44. The number of phenolic OH excluding ortho intramolecular Hbond substituents is 1. The summed E-state index contributed by atoms with van der Waals surface area (Å²) in [5, 5.41) is 15.1. The summed E-state index contributed by atoms with van der Waals surface area (Å²) in [4.78, 5) is 28.2. The average molecular weight is 343 g/mol. The summed E-state index contributed by atoms with van der Waals surface area (Å²) in [5.74, 6) is 0.260. The molecule has 0 spiro atoms. The Morgan fingerprint density at radius 2 is 2.00 bits per heavy atom. The van der Waals surface area contributed by atoms with E-state index < -0.39 is 5.91 Å². The van der Waals surface area contributed by atoms with Crippen LogP contribution in [0.25, 0.3) is 0 Å². The van der Waals surface area contributed by atoms with Crippen molar-refractivity contribution in [2.24, 2.45) is 0 Å². The van der Waals surface area contributed by atoms with E-state index in [0.29, 0.717) is 17.3 Å². The molecule has 1 aromatic carbocycles. The summed E-state index contributed by atoms with van der Waals surface area (Å²) in [5.41, 5.74) is 0.856. The van der Waals surface area contributed by atoms with Crippen LogP contribution in [-0.2, 0) is 4.79 Å². The lowest BCUT2D eigenvalue weighted by Crippen LogP contribution is -2.27. The van der Waals surface area contributed by atoms with Gasteiger partial charge in [0.2, 0.25) is 12.7 Å². The van der Waals surface area contributed by atoms with Crippen LogP contribution >= 0.6 is 0 Å². The number of benzene rings is 1. The number of rotatable bonds is 5. The van der Waals surface area contributed by atoms with Gasteiger partial charge in [0.05, 0.1) is 5.56 Å². The highest BCUT2D eigenvalue weighted by Crippen LogP contribution is 2.37. The number of aromatic nitrogens is 1. The highest BCUT2D eigenvalue weighted by Gasteiger charge is 2.20. The number of ether oxygens (including phenoxy) is 2. The van der Waals surface area contributed by atoms with E-state index in [4.69, 9.17) is 9.47 Å². The SMILES string of the molecule is Cc1cccc(NC(=O)CCNC(=O)c2cc3c(cc2O)OCO3)n1. The minimum Gasteiger partial charge on any atom is -0.507 e. The molecule has 2 heterocycles. The first kappa shape index (κ1) is 16.6. The van der Waals surface area contributed by atoms with Crippen LogP contribution in [0.1, 0.15) is 22.5 Å². The highest BCUT2D eigenvalue weighted by molar-refractivity contribution is 5.98. The molecule has 0 atom stereocenters. The van der Waals surface area contributed by atoms with Crippen LogP contribution in [0, 0.1) is 6.92 Å². The minimum absolute atomic E-state index is 0.0486. The number of phenols is 1. The third-order valence-corrected chi connectivity index (χ3v) is 3.53. The second kappa shape index (κ2) is 7.08. The van der Waals surface area contributed by atoms with Crippen LogP contribution in [0.5, 0.6) is 17.2 Å². The zero-order valence-corrected chi connectivity index (χ0v) is 13.5. The predicted molar refractivity (Wildman–Crippen MR) is 88.8 cm³/mol. The van der Waals surface area contributed by atoms with Crippen molar-refractivity contribution < 1.29 is 24.2 Å². The van der Waals surface area contributed by atoms with Gasteiger partial charge in [-0.1, -0.05) is 6.07 Å².